The summed E-state index contributed by atoms with van der Waals surface area (Å²) < 4.78 is 18.8. The molecule has 0 aliphatic rings. The Bertz CT molecular complexity index is 265. The van der Waals surface area contributed by atoms with Gasteiger partial charge in [-0.05, 0) is 17.8 Å². The molecule has 0 saturated heterocycles. The zero-order valence-electron chi connectivity index (χ0n) is 15.1. The van der Waals surface area contributed by atoms with E-state index >= 15 is 0 Å². The number of hydrogen-bond donors (Lipinski definition) is 0. The molecule has 0 heterocycles. The lowest BCUT2D eigenvalue weighted by molar-refractivity contribution is 0.0158. The van der Waals surface area contributed by atoms with Gasteiger partial charge in [-0.25, -0.2) is 0 Å². The predicted molar refractivity (Wildman–Crippen MR) is 92.3 cm³/mol. The van der Waals surface area contributed by atoms with Crippen molar-refractivity contribution in [3.63, 3.8) is 0 Å². The van der Waals surface area contributed by atoms with Gasteiger partial charge >= 0.3 is 8.80 Å². The van der Waals surface area contributed by atoms with Crippen LogP contribution in [0, 0.1) is 17.8 Å². The van der Waals surface area contributed by atoms with Gasteiger partial charge in [-0.15, -0.1) is 6.58 Å². The van der Waals surface area contributed by atoms with Crippen molar-refractivity contribution >= 4 is 8.80 Å². The zero-order chi connectivity index (χ0) is 16.5. The molecule has 0 bridgehead atoms. The largest absolute Gasteiger partial charge is 0.501 e. The fraction of sp³-hybridized carbons (Fsp3) is 0.882. The molecule has 0 fully saturated rings. The summed E-state index contributed by atoms with van der Waals surface area (Å²) in [4.78, 5) is 0. The highest BCUT2D eigenvalue weighted by atomic mass is 28.4. The first-order chi connectivity index (χ1) is 9.76. The fourth-order valence-corrected chi connectivity index (χ4v) is 5.07. The van der Waals surface area contributed by atoms with Crippen LogP contribution in [0.4, 0.5) is 0 Å². The van der Waals surface area contributed by atoms with E-state index in [1.807, 2.05) is 6.08 Å². The van der Waals surface area contributed by atoms with Crippen LogP contribution in [0.2, 0.25) is 6.04 Å². The molecule has 0 rings (SSSR count). The maximum atomic E-state index is 6.37. The molecule has 0 amide bonds. The van der Waals surface area contributed by atoms with Crippen molar-refractivity contribution < 1.29 is 13.3 Å². The van der Waals surface area contributed by atoms with Crippen molar-refractivity contribution in [2.24, 2.45) is 17.8 Å². The van der Waals surface area contributed by atoms with E-state index in [9.17, 15) is 0 Å². The van der Waals surface area contributed by atoms with Gasteiger partial charge in [0, 0.05) is 19.3 Å². The van der Waals surface area contributed by atoms with E-state index in [0.717, 1.165) is 12.5 Å². The molecule has 1 unspecified atom stereocenters. The van der Waals surface area contributed by atoms with Gasteiger partial charge in [0.25, 0.3) is 0 Å². The van der Waals surface area contributed by atoms with Crippen molar-refractivity contribution in [2.75, 3.05) is 13.2 Å². The summed E-state index contributed by atoms with van der Waals surface area (Å²) in [6.07, 6.45) is 2.87. The minimum absolute atomic E-state index is 0.0115. The van der Waals surface area contributed by atoms with Crippen molar-refractivity contribution in [1.29, 1.82) is 0 Å². The van der Waals surface area contributed by atoms with E-state index in [2.05, 4.69) is 55.0 Å². The van der Waals surface area contributed by atoms with E-state index in [1.54, 1.807) is 0 Å². The summed E-state index contributed by atoms with van der Waals surface area (Å²) in [5.74, 6) is 1.32. The Kier molecular flexibility index (Phi) is 10.5. The molecule has 3 nitrogen and oxygen atoms in total. The average Bonchev–Trinajstić information content (AvgIpc) is 2.40. The predicted octanol–water partition coefficient (Wildman–Crippen LogP) is 4.91. The summed E-state index contributed by atoms with van der Waals surface area (Å²) in [6, 6.07) is 0.865. The standard InChI is InChI=1S/C17H36O3Si/c1-9-11-21(18-12-14(3)4,19-13-15(5)6)20-17(10-2)16(7)8/h10,14-17H,2,9,11-13H2,1,3-8H3. The Hall–Kier alpha value is -0.163. The third-order valence-corrected chi connectivity index (χ3v) is 5.99. The molecule has 0 aromatic heterocycles. The smallest absolute Gasteiger partial charge is 0.373 e. The van der Waals surface area contributed by atoms with Crippen LogP contribution in [0.5, 0.6) is 0 Å². The van der Waals surface area contributed by atoms with Crippen LogP contribution in [-0.4, -0.2) is 28.1 Å². The Balaban J connectivity index is 5.07. The minimum Gasteiger partial charge on any atom is -0.373 e. The molecular weight excluding hydrogens is 280 g/mol. The van der Waals surface area contributed by atoms with Gasteiger partial charge in [-0.2, -0.15) is 0 Å². The van der Waals surface area contributed by atoms with Crippen LogP contribution in [0.25, 0.3) is 0 Å². The highest BCUT2D eigenvalue weighted by Crippen LogP contribution is 2.24. The lowest BCUT2D eigenvalue weighted by Gasteiger charge is -2.34. The van der Waals surface area contributed by atoms with Gasteiger partial charge in [-0.1, -0.05) is 61.0 Å². The first-order valence-corrected chi connectivity index (χ1v) is 10.3. The third-order valence-electron chi connectivity index (χ3n) is 3.03. The van der Waals surface area contributed by atoms with Gasteiger partial charge in [0.05, 0.1) is 6.10 Å². The van der Waals surface area contributed by atoms with Crippen LogP contribution in [0.3, 0.4) is 0 Å². The molecule has 0 aliphatic heterocycles. The number of rotatable bonds is 12. The maximum absolute atomic E-state index is 6.37. The molecule has 0 N–H and O–H groups in total. The first kappa shape index (κ1) is 20.8. The number of hydrogen-bond acceptors (Lipinski definition) is 3. The zero-order valence-corrected chi connectivity index (χ0v) is 16.1. The van der Waals surface area contributed by atoms with Crippen molar-refractivity contribution in [2.45, 2.75) is 67.0 Å². The summed E-state index contributed by atoms with van der Waals surface area (Å²) in [5, 5.41) is 0. The second kappa shape index (κ2) is 10.5. The Morgan fingerprint density at radius 3 is 1.71 bits per heavy atom. The fourth-order valence-electron chi connectivity index (χ4n) is 1.87. The summed E-state index contributed by atoms with van der Waals surface area (Å²) in [7, 11) is -2.64. The molecule has 0 aromatic rings. The molecule has 21 heavy (non-hydrogen) atoms. The topological polar surface area (TPSA) is 27.7 Å². The van der Waals surface area contributed by atoms with Crippen LogP contribution in [0.15, 0.2) is 12.7 Å². The quantitative estimate of drug-likeness (QED) is 0.378. The highest BCUT2D eigenvalue weighted by molar-refractivity contribution is 6.60. The van der Waals surface area contributed by atoms with Crippen molar-refractivity contribution in [3.05, 3.63) is 12.7 Å². The van der Waals surface area contributed by atoms with Gasteiger partial charge in [-0.3, -0.25) is 0 Å². The first-order valence-electron chi connectivity index (χ1n) is 8.34. The summed E-state index contributed by atoms with van der Waals surface area (Å²) in [6.45, 7) is 20.3. The molecule has 0 radical (unpaired) electrons. The van der Waals surface area contributed by atoms with Gasteiger partial charge in [0.2, 0.25) is 0 Å². The normalized spacial score (nSPS) is 14.2. The molecule has 0 aromatic carbocycles. The molecule has 0 saturated carbocycles. The second-order valence-electron chi connectivity index (χ2n) is 6.90. The maximum Gasteiger partial charge on any atom is 0.501 e. The van der Waals surface area contributed by atoms with Crippen LogP contribution >= 0.6 is 0 Å². The Morgan fingerprint density at radius 1 is 0.952 bits per heavy atom. The average molecular weight is 317 g/mol. The third kappa shape index (κ3) is 8.76. The van der Waals surface area contributed by atoms with Crippen LogP contribution < -0.4 is 0 Å². The van der Waals surface area contributed by atoms with Crippen molar-refractivity contribution in [3.8, 4) is 0 Å². The van der Waals surface area contributed by atoms with E-state index in [4.69, 9.17) is 13.3 Å². The molecule has 1 atom stereocenters. The lowest BCUT2D eigenvalue weighted by Crippen LogP contribution is -2.50. The summed E-state index contributed by atoms with van der Waals surface area (Å²) >= 11 is 0. The second-order valence-corrected chi connectivity index (χ2v) is 9.58. The van der Waals surface area contributed by atoms with Gasteiger partial charge in [0.15, 0.2) is 0 Å². The lowest BCUT2D eigenvalue weighted by atomic mass is 10.1. The molecule has 0 spiro atoms. The van der Waals surface area contributed by atoms with E-state index in [1.165, 1.54) is 0 Å². The van der Waals surface area contributed by atoms with Crippen LogP contribution in [-0.2, 0) is 13.3 Å². The van der Waals surface area contributed by atoms with E-state index < -0.39 is 8.80 Å². The molecule has 0 aliphatic carbocycles. The van der Waals surface area contributed by atoms with E-state index in [0.29, 0.717) is 31.0 Å². The van der Waals surface area contributed by atoms with Gasteiger partial charge in [0.1, 0.15) is 0 Å². The molecule has 126 valence electrons. The molecular formula is C17H36O3Si. The molecule has 4 heteroatoms. The summed E-state index contributed by atoms with van der Waals surface area (Å²) in [5.41, 5.74) is 0. The van der Waals surface area contributed by atoms with E-state index in [-0.39, 0.29) is 6.10 Å². The highest BCUT2D eigenvalue weighted by Gasteiger charge is 2.43. The Labute approximate surface area is 133 Å². The minimum atomic E-state index is -2.64. The van der Waals surface area contributed by atoms with Gasteiger partial charge < -0.3 is 13.3 Å². The Morgan fingerprint density at radius 2 is 1.43 bits per heavy atom. The van der Waals surface area contributed by atoms with Crippen LogP contribution in [0.1, 0.15) is 54.9 Å². The van der Waals surface area contributed by atoms with Crippen molar-refractivity contribution in [1.82, 2.24) is 0 Å². The monoisotopic (exact) mass is 316 g/mol. The SMILES string of the molecule is C=CC(O[Si](CCC)(OCC(C)C)OCC(C)C)C(C)C.